The summed E-state index contributed by atoms with van der Waals surface area (Å²) in [5, 5.41) is 0. The minimum Gasteiger partial charge on any atom is -0.483 e. The van der Waals surface area contributed by atoms with Crippen LogP contribution in [0.25, 0.3) is 0 Å². The van der Waals surface area contributed by atoms with Gasteiger partial charge >= 0.3 is 0 Å². The van der Waals surface area contributed by atoms with Crippen LogP contribution in [-0.2, 0) is 14.8 Å². The molecular formula is C9H9BrFNO4S. The van der Waals surface area contributed by atoms with E-state index in [0.29, 0.717) is 4.47 Å². The van der Waals surface area contributed by atoms with E-state index in [4.69, 9.17) is 4.74 Å². The zero-order valence-electron chi connectivity index (χ0n) is 8.74. The van der Waals surface area contributed by atoms with Crippen LogP contribution in [0.2, 0.25) is 0 Å². The molecule has 0 fully saturated rings. The van der Waals surface area contributed by atoms with Crippen LogP contribution in [0, 0.1) is 5.82 Å². The molecule has 1 rings (SSSR count). The molecule has 1 aromatic rings. The van der Waals surface area contributed by atoms with Gasteiger partial charge in [-0.25, -0.2) is 12.8 Å². The molecule has 0 bridgehead atoms. The van der Waals surface area contributed by atoms with E-state index in [1.54, 1.807) is 4.72 Å². The predicted molar refractivity (Wildman–Crippen MR) is 62.6 cm³/mol. The van der Waals surface area contributed by atoms with Gasteiger partial charge in [-0.2, -0.15) is 0 Å². The standard InChI is InChI=1S/C9H9BrFNO4S/c1-17(14,15)12-9(13)5-16-8-3-2-6(11)4-7(8)10/h2-4H,5H2,1H3,(H,12,13). The molecule has 0 saturated carbocycles. The van der Waals surface area contributed by atoms with Crippen LogP contribution in [0.4, 0.5) is 4.39 Å². The van der Waals surface area contributed by atoms with Crippen LogP contribution in [0.5, 0.6) is 5.75 Å². The molecular weight excluding hydrogens is 317 g/mol. The molecule has 0 heterocycles. The van der Waals surface area contributed by atoms with Crippen LogP contribution < -0.4 is 9.46 Å². The zero-order valence-corrected chi connectivity index (χ0v) is 11.1. The Bertz CT molecular complexity index is 532. The molecule has 0 atom stereocenters. The summed E-state index contributed by atoms with van der Waals surface area (Å²) in [6, 6.07) is 3.66. The fourth-order valence-corrected chi connectivity index (χ4v) is 1.91. The predicted octanol–water partition coefficient (Wildman–Crippen LogP) is 1.04. The molecule has 1 N–H and O–H groups in total. The number of nitrogens with one attached hydrogen (secondary N) is 1. The summed E-state index contributed by atoms with van der Waals surface area (Å²) >= 11 is 3.04. The number of amides is 1. The molecule has 94 valence electrons. The monoisotopic (exact) mass is 325 g/mol. The Hall–Kier alpha value is -1.15. The summed E-state index contributed by atoms with van der Waals surface area (Å²) in [5.74, 6) is -1.01. The normalized spacial score (nSPS) is 11.0. The number of rotatable bonds is 4. The fourth-order valence-electron chi connectivity index (χ4n) is 0.972. The Morgan fingerprint density at radius 2 is 2.18 bits per heavy atom. The van der Waals surface area contributed by atoms with Crippen molar-refractivity contribution in [2.24, 2.45) is 0 Å². The minimum absolute atomic E-state index is 0.245. The second-order valence-electron chi connectivity index (χ2n) is 3.16. The van der Waals surface area contributed by atoms with Crippen LogP contribution in [0.1, 0.15) is 0 Å². The molecule has 17 heavy (non-hydrogen) atoms. The topological polar surface area (TPSA) is 72.5 Å². The van der Waals surface area contributed by atoms with Crippen molar-refractivity contribution in [1.82, 2.24) is 4.72 Å². The fraction of sp³-hybridized carbons (Fsp3) is 0.222. The number of benzene rings is 1. The van der Waals surface area contributed by atoms with Crippen molar-refractivity contribution in [2.75, 3.05) is 12.9 Å². The van der Waals surface area contributed by atoms with Gasteiger partial charge in [-0.15, -0.1) is 0 Å². The van der Waals surface area contributed by atoms with Gasteiger partial charge in [0.25, 0.3) is 5.91 Å². The third-order valence-corrected chi connectivity index (χ3v) is 2.77. The number of hydrogen-bond acceptors (Lipinski definition) is 4. The van der Waals surface area contributed by atoms with Crippen LogP contribution >= 0.6 is 15.9 Å². The first kappa shape index (κ1) is 13.9. The van der Waals surface area contributed by atoms with Gasteiger partial charge in [0.15, 0.2) is 6.61 Å². The highest BCUT2D eigenvalue weighted by molar-refractivity contribution is 9.10. The lowest BCUT2D eigenvalue weighted by Crippen LogP contribution is -2.33. The van der Waals surface area contributed by atoms with Gasteiger partial charge in [0, 0.05) is 0 Å². The number of ether oxygens (including phenoxy) is 1. The highest BCUT2D eigenvalue weighted by Crippen LogP contribution is 2.25. The van der Waals surface area contributed by atoms with Gasteiger partial charge in [-0.05, 0) is 34.1 Å². The molecule has 0 aliphatic rings. The van der Waals surface area contributed by atoms with Gasteiger partial charge in [0.05, 0.1) is 10.7 Å². The maximum Gasteiger partial charge on any atom is 0.271 e. The SMILES string of the molecule is CS(=O)(=O)NC(=O)COc1ccc(F)cc1Br. The van der Waals surface area contributed by atoms with Gasteiger partial charge < -0.3 is 4.74 Å². The summed E-state index contributed by atoms with van der Waals surface area (Å²) in [5.41, 5.74) is 0. The molecule has 1 amide bonds. The molecule has 8 heteroatoms. The van der Waals surface area contributed by atoms with Crippen LogP contribution in [-0.4, -0.2) is 27.2 Å². The number of hydrogen-bond donors (Lipinski definition) is 1. The van der Waals surface area contributed by atoms with Crippen molar-refractivity contribution < 1.29 is 22.3 Å². The molecule has 0 unspecified atom stereocenters. The number of halogens is 2. The molecule has 0 aliphatic heterocycles. The van der Waals surface area contributed by atoms with E-state index >= 15 is 0 Å². The van der Waals surface area contributed by atoms with E-state index in [9.17, 15) is 17.6 Å². The third-order valence-electron chi connectivity index (χ3n) is 1.55. The first-order chi connectivity index (χ1) is 7.78. The largest absolute Gasteiger partial charge is 0.483 e. The van der Waals surface area contributed by atoms with Gasteiger partial charge in [0.2, 0.25) is 10.0 Å². The van der Waals surface area contributed by atoms with E-state index in [1.165, 1.54) is 12.1 Å². The lowest BCUT2D eigenvalue weighted by Gasteiger charge is -2.07. The molecule has 5 nitrogen and oxygen atoms in total. The molecule has 0 aromatic heterocycles. The Morgan fingerprint density at radius 3 is 2.71 bits per heavy atom. The Kier molecular flexibility index (Phi) is 4.47. The summed E-state index contributed by atoms with van der Waals surface area (Å²) in [6.45, 7) is -0.475. The van der Waals surface area contributed by atoms with Crippen molar-refractivity contribution in [3.63, 3.8) is 0 Å². The lowest BCUT2D eigenvalue weighted by molar-refractivity contribution is -0.121. The van der Waals surface area contributed by atoms with Crippen LogP contribution in [0.3, 0.4) is 0 Å². The maximum absolute atomic E-state index is 12.7. The van der Waals surface area contributed by atoms with E-state index < -0.39 is 28.4 Å². The van der Waals surface area contributed by atoms with Gasteiger partial charge in [0.1, 0.15) is 11.6 Å². The van der Waals surface area contributed by atoms with Crippen LogP contribution in [0.15, 0.2) is 22.7 Å². The molecule has 0 radical (unpaired) electrons. The van der Waals surface area contributed by atoms with E-state index in [2.05, 4.69) is 15.9 Å². The van der Waals surface area contributed by atoms with Gasteiger partial charge in [-0.3, -0.25) is 9.52 Å². The van der Waals surface area contributed by atoms with Crippen molar-refractivity contribution in [2.45, 2.75) is 0 Å². The number of sulfonamides is 1. The molecule has 0 aliphatic carbocycles. The summed E-state index contributed by atoms with van der Waals surface area (Å²) in [6.07, 6.45) is 0.860. The highest BCUT2D eigenvalue weighted by atomic mass is 79.9. The lowest BCUT2D eigenvalue weighted by atomic mass is 10.3. The first-order valence-electron chi connectivity index (χ1n) is 4.36. The Labute approximate surface area is 106 Å². The number of carbonyl (C=O) groups excluding carboxylic acids is 1. The van der Waals surface area contributed by atoms with E-state index in [0.717, 1.165) is 12.3 Å². The van der Waals surface area contributed by atoms with Crippen molar-refractivity contribution in [3.8, 4) is 5.75 Å². The summed E-state index contributed by atoms with van der Waals surface area (Å²) in [4.78, 5) is 11.1. The summed E-state index contributed by atoms with van der Waals surface area (Å²) < 4.78 is 41.2. The maximum atomic E-state index is 12.7. The zero-order chi connectivity index (χ0) is 13.1. The van der Waals surface area contributed by atoms with E-state index in [-0.39, 0.29) is 5.75 Å². The number of carbonyl (C=O) groups is 1. The molecule has 0 saturated heterocycles. The highest BCUT2D eigenvalue weighted by Gasteiger charge is 2.10. The van der Waals surface area contributed by atoms with Crippen molar-refractivity contribution in [3.05, 3.63) is 28.5 Å². The van der Waals surface area contributed by atoms with Gasteiger partial charge in [-0.1, -0.05) is 0 Å². The smallest absolute Gasteiger partial charge is 0.271 e. The third kappa shape index (κ3) is 5.14. The first-order valence-corrected chi connectivity index (χ1v) is 7.05. The van der Waals surface area contributed by atoms with E-state index in [1.807, 2.05) is 0 Å². The summed E-state index contributed by atoms with van der Waals surface area (Å²) in [7, 11) is -3.60. The average molecular weight is 326 g/mol. The molecule has 1 aromatic carbocycles. The van der Waals surface area contributed by atoms with Crippen molar-refractivity contribution >= 4 is 31.9 Å². The molecule has 0 spiro atoms. The minimum atomic E-state index is -3.60. The average Bonchev–Trinajstić information content (AvgIpc) is 2.13. The Morgan fingerprint density at radius 1 is 1.53 bits per heavy atom. The Balaban J connectivity index is 2.59. The second kappa shape index (κ2) is 5.46. The quantitative estimate of drug-likeness (QED) is 0.897. The second-order valence-corrected chi connectivity index (χ2v) is 5.76. The van der Waals surface area contributed by atoms with Crippen molar-refractivity contribution in [1.29, 1.82) is 0 Å².